The van der Waals surface area contributed by atoms with E-state index in [4.69, 9.17) is 20.4 Å². The summed E-state index contributed by atoms with van der Waals surface area (Å²) in [5.41, 5.74) is -12.3. The maximum Gasteiger partial charge on any atom is 4.00 e. The van der Waals surface area contributed by atoms with E-state index in [0.29, 0.717) is 0 Å². The first-order chi connectivity index (χ1) is 28.9. The van der Waals surface area contributed by atoms with Crippen LogP contribution in [-0.2, 0) is 102 Å². The van der Waals surface area contributed by atoms with Crippen LogP contribution < -0.4 is 76.8 Å². The van der Waals surface area contributed by atoms with Crippen LogP contribution in [0.25, 0.3) is 0 Å². The number of benzene rings is 4. The molecule has 4 aromatic carbocycles. The van der Waals surface area contributed by atoms with E-state index in [-0.39, 0.29) is 88.2 Å². The maximum atomic E-state index is 11.1. The van der Waals surface area contributed by atoms with E-state index in [2.05, 4.69) is 18.1 Å². The van der Waals surface area contributed by atoms with Crippen LogP contribution in [0.5, 0.6) is 23.0 Å². The van der Waals surface area contributed by atoms with Gasteiger partial charge in [0.1, 0.15) is 23.0 Å². The summed E-state index contributed by atoms with van der Waals surface area (Å²) in [6.45, 7) is 0. The van der Waals surface area contributed by atoms with Crippen molar-refractivity contribution in [2.75, 3.05) is 0 Å². The van der Waals surface area contributed by atoms with Gasteiger partial charge in [0, 0.05) is 0 Å². The first-order valence-corrected chi connectivity index (χ1v) is 28.8. The van der Waals surface area contributed by atoms with Crippen LogP contribution >= 0.6 is 60.8 Å². The molecule has 8 unspecified atom stereocenters. The Bertz CT molecular complexity index is 2120. The Morgan fingerprint density at radius 3 is 0.507 bits per heavy atom. The second-order valence-electron chi connectivity index (χ2n) is 11.3. The molecule has 0 radical (unpaired) electrons. The van der Waals surface area contributed by atoms with Gasteiger partial charge in [-0.25, -0.2) is 0 Å². The molecule has 67 heavy (non-hydrogen) atoms. The van der Waals surface area contributed by atoms with Crippen LogP contribution in [0.15, 0.2) is 121 Å². The summed E-state index contributed by atoms with van der Waals surface area (Å²) in [5.74, 6) is -0.747. The number of hydrogen-bond donors (Lipinski definition) is 4. The standard InChI is InChI=1S/4C7H10O7P2.3Ti/c4*8-7(15(9,10)11)16(12,13)14-6-4-2-1-3-5-6;;;/h4*1-5,7-8H,(H,12,13)(H2,9,10,11);;;/q;;;;3*+4/p-12. The van der Waals surface area contributed by atoms with Gasteiger partial charge in [0.2, 0.25) is 30.4 Å². The van der Waals surface area contributed by atoms with Gasteiger partial charge in [0.15, 0.2) is 22.3 Å². The summed E-state index contributed by atoms with van der Waals surface area (Å²) in [5, 5.41) is 35.1. The van der Waals surface area contributed by atoms with Crippen molar-refractivity contribution in [1.82, 2.24) is 0 Å². The molecule has 8 atom stereocenters. The molecule has 0 aliphatic rings. The fourth-order valence-electron chi connectivity index (χ4n) is 3.39. The molecule has 0 amide bonds. The number of para-hydroxylation sites is 4. The van der Waals surface area contributed by atoms with E-state index >= 15 is 0 Å². The predicted octanol–water partition coefficient (Wildman–Crippen LogP) is -4.77. The number of aliphatic hydroxyl groups excluding tert-OH is 4. The molecule has 0 heterocycles. The first-order valence-electron chi connectivity index (χ1n) is 15.9. The van der Waals surface area contributed by atoms with E-state index in [0.717, 1.165) is 0 Å². The van der Waals surface area contributed by atoms with Crippen LogP contribution in [0.3, 0.4) is 0 Å². The Balaban J connectivity index is -0.000000803. The van der Waals surface area contributed by atoms with Crippen LogP contribution in [0, 0.1) is 0 Å². The molecule has 4 N–H and O–H groups in total. The SMILES string of the molecule is O=P([O-])([O-])C(O)P(=O)([O-])Oc1ccccc1.O=P([O-])([O-])C(O)P(=O)([O-])Oc1ccccc1.O=P([O-])([O-])C(O)P(=O)([O-])Oc1ccccc1.O=P([O-])([O-])C(O)P(=O)([O-])Oc1ccccc1.[Ti+4].[Ti+4].[Ti+4]. The molecule has 4 aromatic rings. The molecule has 28 nitrogen and oxygen atoms in total. The van der Waals surface area contributed by atoms with Crippen molar-refractivity contribution in [3.05, 3.63) is 121 Å². The summed E-state index contributed by atoms with van der Waals surface area (Å²) >= 11 is 0. The van der Waals surface area contributed by atoms with E-state index in [1.807, 2.05) is 0 Å². The van der Waals surface area contributed by atoms with Crippen molar-refractivity contribution in [2.45, 2.75) is 22.3 Å². The molecule has 360 valence electrons. The van der Waals surface area contributed by atoms with Gasteiger partial charge in [-0.15, -0.1) is 0 Å². The van der Waals surface area contributed by atoms with Gasteiger partial charge >= 0.3 is 65.2 Å². The molecule has 0 saturated carbocycles. The fourth-order valence-corrected chi connectivity index (χ4v) is 11.5. The fraction of sp³-hybridized carbons (Fsp3) is 0.143. The normalized spacial score (nSPS) is 16.7. The molecule has 4 rings (SSSR count). The Labute approximate surface area is 423 Å². The monoisotopic (exact) mass is 1200 g/mol. The summed E-state index contributed by atoms with van der Waals surface area (Å²) in [6, 6.07) is 27.7. The molecule has 0 saturated heterocycles. The molecule has 39 heteroatoms. The Morgan fingerprint density at radius 1 is 0.284 bits per heavy atom. The van der Waals surface area contributed by atoms with Gasteiger partial charge in [0.05, 0.1) is 0 Å². The Morgan fingerprint density at radius 2 is 0.403 bits per heavy atom. The van der Waals surface area contributed by atoms with Gasteiger partial charge in [0.25, 0.3) is 0 Å². The van der Waals surface area contributed by atoms with Crippen molar-refractivity contribution in [3.8, 4) is 23.0 Å². The Hall–Kier alpha value is -0.577. The molecular formula is C28H28O28P8Ti3. The van der Waals surface area contributed by atoms with E-state index in [9.17, 15) is 95.2 Å². The molecule has 0 aromatic heterocycles. The quantitative estimate of drug-likeness (QED) is 0.0604. The number of hydrogen-bond acceptors (Lipinski definition) is 28. The molecule has 0 spiro atoms. The average Bonchev–Trinajstić information content (AvgIpc) is 3.17. The zero-order valence-corrected chi connectivity index (χ0v) is 44.4. The molecular weight excluding hydrogens is 1180 g/mol. The summed E-state index contributed by atoms with van der Waals surface area (Å²) < 4.78 is 103. The minimum atomic E-state index is -5.66. The third kappa shape index (κ3) is 26.6. The maximum absolute atomic E-state index is 11.1. The van der Waals surface area contributed by atoms with Crippen molar-refractivity contribution >= 4 is 60.8 Å². The van der Waals surface area contributed by atoms with Crippen molar-refractivity contribution in [3.63, 3.8) is 0 Å². The van der Waals surface area contributed by atoms with Crippen LogP contribution in [0.2, 0.25) is 0 Å². The van der Waals surface area contributed by atoms with Crippen molar-refractivity contribution in [1.29, 1.82) is 0 Å². The van der Waals surface area contributed by atoms with Crippen LogP contribution in [0.4, 0.5) is 0 Å². The van der Waals surface area contributed by atoms with Crippen molar-refractivity contribution < 1.29 is 199 Å². The summed E-state index contributed by atoms with van der Waals surface area (Å²) in [6.07, 6.45) is 0. The van der Waals surface area contributed by atoms with Gasteiger partial charge in [-0.2, -0.15) is 0 Å². The second kappa shape index (κ2) is 29.8. The van der Waals surface area contributed by atoms with E-state index < -0.39 is 83.1 Å². The minimum absolute atomic E-state index is 0. The van der Waals surface area contributed by atoms with Crippen LogP contribution in [-0.4, -0.2) is 42.8 Å². The van der Waals surface area contributed by atoms with Crippen molar-refractivity contribution in [2.24, 2.45) is 0 Å². The zero-order chi connectivity index (χ0) is 49.6. The Kier molecular flexibility index (Phi) is 31.5. The third-order valence-electron chi connectivity index (χ3n) is 6.17. The molecule has 0 bridgehead atoms. The van der Waals surface area contributed by atoms with E-state index in [1.165, 1.54) is 97.1 Å². The number of rotatable bonds is 16. The minimum Gasteiger partial charge on any atom is -0.809 e. The zero-order valence-electron chi connectivity index (χ0n) is 32.5. The molecule has 0 aliphatic carbocycles. The van der Waals surface area contributed by atoms with Crippen LogP contribution in [0.1, 0.15) is 0 Å². The summed E-state index contributed by atoms with van der Waals surface area (Å²) in [7, 11) is -43.5. The topological polar surface area (TPSA) is 531 Å². The van der Waals surface area contributed by atoms with Gasteiger partial charge in [-0.1, -0.05) is 72.8 Å². The smallest absolute Gasteiger partial charge is 0.809 e. The largest absolute Gasteiger partial charge is 4.00 e. The molecule has 0 aliphatic heterocycles. The predicted molar refractivity (Wildman–Crippen MR) is 193 cm³/mol. The van der Waals surface area contributed by atoms with Gasteiger partial charge in [-0.3, -0.25) is 18.3 Å². The van der Waals surface area contributed by atoms with Gasteiger partial charge in [-0.05, 0) is 78.9 Å². The van der Waals surface area contributed by atoms with E-state index in [1.54, 1.807) is 24.3 Å². The summed E-state index contributed by atoms with van der Waals surface area (Å²) in [4.78, 5) is 127. The average molecular weight is 1200 g/mol. The molecule has 0 fully saturated rings. The third-order valence-corrected chi connectivity index (χ3v) is 19.3. The number of aliphatic hydroxyl groups is 4. The second-order valence-corrected chi connectivity index (χ2v) is 26.2. The van der Waals surface area contributed by atoms with Gasteiger partial charge < -0.3 is 116 Å². The first kappa shape index (κ1) is 70.7.